The molecule has 0 aliphatic rings. The molecule has 27 heteroatoms. The molecule has 0 atom stereocenters. The van der Waals surface area contributed by atoms with Crippen LogP contribution in [-0.4, -0.2) is 139 Å². The lowest BCUT2D eigenvalue weighted by Gasteiger charge is -2.08. The van der Waals surface area contributed by atoms with Crippen LogP contribution in [0.1, 0.15) is 91.9 Å². The van der Waals surface area contributed by atoms with Gasteiger partial charge in [0.05, 0.1) is 59.4 Å². The Morgan fingerprint density at radius 2 is 0.507 bits per heavy atom. The zero-order valence-corrected chi connectivity index (χ0v) is 80.7. The number of benzene rings is 13. The molecule has 15 aromatic rings. The van der Waals surface area contributed by atoms with Crippen molar-refractivity contribution in [3.8, 4) is 141 Å². The van der Waals surface area contributed by atoms with E-state index in [9.17, 15) is 24.0 Å². The van der Waals surface area contributed by atoms with Gasteiger partial charge in [-0.05, 0) is 244 Å². The molecule has 0 saturated heterocycles. The third-order valence-corrected chi connectivity index (χ3v) is 21.8. The summed E-state index contributed by atoms with van der Waals surface area (Å²) in [6.45, 7) is 17.9. The summed E-state index contributed by atoms with van der Waals surface area (Å²) in [4.78, 5) is 58.4. The zero-order chi connectivity index (χ0) is 96.3. The van der Waals surface area contributed by atoms with Gasteiger partial charge in [0.15, 0.2) is 5.69 Å². The minimum atomic E-state index is -0.805. The number of carboxylic acid groups (broad SMARTS) is 1. The molecule has 0 saturated carbocycles. The molecule has 136 heavy (non-hydrogen) atoms. The first-order valence-corrected chi connectivity index (χ1v) is 47.2. The second kappa shape index (κ2) is 57.7. The van der Waals surface area contributed by atoms with Gasteiger partial charge < -0.3 is 48.1 Å². The van der Waals surface area contributed by atoms with Gasteiger partial charge in [-0.25, -0.2) is 4.85 Å². The van der Waals surface area contributed by atoms with Crippen molar-refractivity contribution in [1.82, 2.24) is 41.2 Å². The Morgan fingerprint density at radius 1 is 0.301 bits per heavy atom. The average molecular weight is 2020 g/mol. The molecule has 4 N–H and O–H groups in total. The number of aromatic nitrogens is 8. The standard InChI is InChI=1S/C25H24N4O3.C25H23NO3.C23H20N4O3.C18H19BrO3.C12H9BrO.C6H11BrO2/c1-2-31-24(30)4-3-17-32-23-15-13-21(14-16-23)19-7-5-18(6-8-19)20-9-11-22(12-10-20)25-26-28-29-27-25;1-3-28-25(27)5-4-18-29-24-16-12-22(13-17-24)20-8-6-19(7-9-20)21-10-14-23(26-2)15-11-21;28-22(29)2-1-15-30-21-13-11-19(12-14-21)17-5-3-16(4-6-17)18-7-9-20(10-8-18)23-24-26-27-25-23;1-2-21-18(20)4-3-13-22-17-11-7-15(8-12-17)14-5-9-16(19)10-6-14;13-11-5-1-9(2-6-11)10-3-7-12(14)8-4-10;1-2-9-6(8)4-3-5-7/h5-16H,2-4,17H2,1H3,(H,26,27,28,29);6-17H,3-5,18H2,1H3;3-14H,1-2,15H2,(H,28,29)(H,24,25,26,27);5-12H,2-4,13H2,1H3;1-8,14H;2-5H2,1H3. The SMILES string of the molecule is CCOC(=O)CCCBr.CCOC(=O)CCCOc1ccc(-c2ccc(-c3ccc(-c4nn[nH]n4)cc3)cc2)cc1.CCOC(=O)CCCOc1ccc(-c2ccc(Br)cc2)cc1.O=C(O)CCCOc1ccc(-c2ccc(-c3ccc(-c4nn[nH]n4)cc3)cc2)cc1.Oc1ccc(-c2ccc(Br)cc2)cc1.[C-]#[N+]c1ccc(-c2ccc(-c3ccc(OCCCC(=O)OCC)cc3)cc2)cc1. The number of esters is 4. The smallest absolute Gasteiger partial charge is 0.305 e. The number of phenolic OH excluding ortho intramolecular Hbond substituents is 1. The lowest BCUT2D eigenvalue weighted by atomic mass is 9.99. The van der Waals surface area contributed by atoms with E-state index >= 15 is 0 Å². The van der Waals surface area contributed by atoms with Crippen molar-refractivity contribution in [1.29, 1.82) is 0 Å². The number of phenols is 1. The zero-order valence-electron chi connectivity index (χ0n) is 75.9. The first-order chi connectivity index (χ1) is 66.3. The van der Waals surface area contributed by atoms with E-state index in [1.54, 1.807) is 32.9 Å². The lowest BCUT2D eigenvalue weighted by Crippen LogP contribution is -2.06. The summed E-state index contributed by atoms with van der Waals surface area (Å²) in [6, 6.07) is 104. The molecule has 698 valence electrons. The predicted molar refractivity (Wildman–Crippen MR) is 541 cm³/mol. The normalized spacial score (nSPS) is 10.3. The topological polar surface area (TPSA) is 313 Å². The fourth-order valence-corrected chi connectivity index (χ4v) is 14.0. The monoisotopic (exact) mass is 2020 g/mol. The number of carbonyl (C=O) groups is 5. The van der Waals surface area contributed by atoms with Crippen LogP contribution in [-0.2, 0) is 42.9 Å². The van der Waals surface area contributed by atoms with Crippen LogP contribution in [0.25, 0.3) is 117 Å². The van der Waals surface area contributed by atoms with E-state index in [2.05, 4.69) is 196 Å². The van der Waals surface area contributed by atoms with Crippen LogP contribution < -0.4 is 18.9 Å². The summed E-state index contributed by atoms with van der Waals surface area (Å²) in [7, 11) is 0. The summed E-state index contributed by atoms with van der Waals surface area (Å²) in [5, 5.41) is 46.7. The van der Waals surface area contributed by atoms with Crippen molar-refractivity contribution in [3.05, 3.63) is 336 Å². The van der Waals surface area contributed by atoms with Gasteiger partial charge in [-0.1, -0.05) is 278 Å². The molecule has 0 amide bonds. The number of aliphatic carboxylic acids is 1. The van der Waals surface area contributed by atoms with E-state index in [-0.39, 0.29) is 30.3 Å². The third kappa shape index (κ3) is 36.0. The molecule has 15 rings (SSSR count). The van der Waals surface area contributed by atoms with Gasteiger partial charge in [0, 0.05) is 57.5 Å². The van der Waals surface area contributed by atoms with Gasteiger partial charge in [-0.15, -0.1) is 20.4 Å². The van der Waals surface area contributed by atoms with Gasteiger partial charge in [-0.2, -0.15) is 10.4 Å². The number of aromatic amines is 2. The number of alkyl halides is 1. The molecule has 0 unspecified atom stereocenters. The van der Waals surface area contributed by atoms with Gasteiger partial charge in [0.25, 0.3) is 0 Å². The van der Waals surface area contributed by atoms with Crippen molar-refractivity contribution >= 4 is 83.3 Å². The van der Waals surface area contributed by atoms with Gasteiger partial charge in [-0.3, -0.25) is 24.0 Å². The Bertz CT molecular complexity index is 6050. The van der Waals surface area contributed by atoms with Crippen LogP contribution in [0.3, 0.4) is 0 Å². The molecule has 0 radical (unpaired) electrons. The largest absolute Gasteiger partial charge is 0.508 e. The van der Waals surface area contributed by atoms with Crippen LogP contribution >= 0.6 is 47.8 Å². The second-order valence-corrected chi connectivity index (χ2v) is 32.5. The summed E-state index contributed by atoms with van der Waals surface area (Å²) in [5.41, 5.74) is 20.4. The van der Waals surface area contributed by atoms with Crippen LogP contribution in [0.5, 0.6) is 28.7 Å². The highest BCUT2D eigenvalue weighted by atomic mass is 79.9. The first kappa shape index (κ1) is 103. The molecule has 2 heterocycles. The molecule has 13 aromatic carbocycles. The number of H-pyrrole nitrogens is 2. The number of hydrogen-bond acceptors (Lipinski definition) is 20. The van der Waals surface area contributed by atoms with E-state index in [1.807, 2.05) is 213 Å². The number of hydrogen-bond donors (Lipinski definition) is 4. The molecule has 0 aliphatic heterocycles. The number of rotatable bonds is 37. The first-order valence-electron chi connectivity index (χ1n) is 44.5. The van der Waals surface area contributed by atoms with Crippen LogP contribution in [0, 0.1) is 6.57 Å². The molecule has 0 bridgehead atoms. The van der Waals surface area contributed by atoms with Crippen LogP contribution in [0.2, 0.25) is 0 Å². The fourth-order valence-electron chi connectivity index (χ4n) is 13.2. The van der Waals surface area contributed by atoms with E-state index in [4.69, 9.17) is 49.9 Å². The Kier molecular flexibility index (Phi) is 43.8. The highest BCUT2D eigenvalue weighted by Gasteiger charge is 2.13. The lowest BCUT2D eigenvalue weighted by molar-refractivity contribution is -0.144. The Morgan fingerprint density at radius 3 is 0.721 bits per heavy atom. The van der Waals surface area contributed by atoms with Gasteiger partial charge in [0.1, 0.15) is 28.7 Å². The minimum absolute atomic E-state index is 0.100. The minimum Gasteiger partial charge on any atom is -0.508 e. The second-order valence-electron chi connectivity index (χ2n) is 29.9. The molecule has 0 aliphatic carbocycles. The highest BCUT2D eigenvalue weighted by Crippen LogP contribution is 2.34. The Balaban J connectivity index is 0.000000175. The maximum absolute atomic E-state index is 11.3. The fraction of sp³-hybridized carbons (Fsp3) is 0.211. The highest BCUT2D eigenvalue weighted by molar-refractivity contribution is 9.10. The Hall–Kier alpha value is -14.7. The number of aromatic hydroxyl groups is 1. The Labute approximate surface area is 817 Å². The number of carboxylic acids is 1. The van der Waals surface area contributed by atoms with Crippen molar-refractivity contribution in [3.63, 3.8) is 0 Å². The molecule has 0 spiro atoms. The average Bonchev–Trinajstić information content (AvgIpc) is 1.44. The molecule has 0 fully saturated rings. The van der Waals surface area contributed by atoms with Crippen LogP contribution in [0.15, 0.2) is 324 Å². The van der Waals surface area contributed by atoms with Gasteiger partial charge in [0.2, 0.25) is 11.6 Å². The van der Waals surface area contributed by atoms with E-state index in [0.717, 1.165) is 144 Å². The number of ether oxygens (including phenoxy) is 8. The molecular weight excluding hydrogens is 1910 g/mol. The molecule has 2 aromatic heterocycles. The summed E-state index contributed by atoms with van der Waals surface area (Å²) in [6.07, 6.45) is 5.07. The van der Waals surface area contributed by atoms with Crippen molar-refractivity contribution in [2.75, 3.05) is 58.2 Å². The van der Waals surface area contributed by atoms with Crippen molar-refractivity contribution in [2.45, 2.75) is 91.9 Å². The predicted octanol–water partition coefficient (Wildman–Crippen LogP) is 26.0. The van der Waals surface area contributed by atoms with Crippen molar-refractivity contribution < 1.29 is 72.1 Å². The number of halogens is 3. The van der Waals surface area contributed by atoms with Crippen LogP contribution in [0.4, 0.5) is 5.69 Å². The molecular formula is C109H106Br3N9O15. The maximum Gasteiger partial charge on any atom is 0.305 e. The van der Waals surface area contributed by atoms with E-state index < -0.39 is 5.97 Å². The maximum atomic E-state index is 11.3. The quantitative estimate of drug-likeness (QED) is 0.00924. The summed E-state index contributed by atoms with van der Waals surface area (Å²) >= 11 is 10.0. The third-order valence-electron chi connectivity index (χ3n) is 20.2. The number of nitrogens with zero attached hydrogens (tertiary/aromatic N) is 7. The van der Waals surface area contributed by atoms with Crippen molar-refractivity contribution in [2.24, 2.45) is 0 Å². The summed E-state index contributed by atoms with van der Waals surface area (Å²) < 4.78 is 44.1. The molecule has 24 nitrogen and oxygen atoms in total. The van der Waals surface area contributed by atoms with E-state index in [1.165, 1.54) is 0 Å². The number of tetrazole rings is 2. The van der Waals surface area contributed by atoms with Gasteiger partial charge >= 0.3 is 29.8 Å². The summed E-state index contributed by atoms with van der Waals surface area (Å²) in [5.74, 6) is 3.14. The number of nitrogens with one attached hydrogen (secondary N) is 2. The number of carbonyl (C=O) groups excluding carboxylic acids is 4. The van der Waals surface area contributed by atoms with E-state index in [0.29, 0.717) is 127 Å².